The molecule has 0 aliphatic carbocycles. The van der Waals surface area contributed by atoms with Crippen molar-refractivity contribution < 1.29 is 13.2 Å². The Morgan fingerprint density at radius 2 is 1.94 bits per heavy atom. The summed E-state index contributed by atoms with van der Waals surface area (Å²) in [5, 5.41) is 3.32. The van der Waals surface area contributed by atoms with E-state index in [1.54, 1.807) is 10.4 Å². The molecular formula is C24H28N4O4S. The van der Waals surface area contributed by atoms with Crippen molar-refractivity contribution >= 4 is 32.5 Å². The second-order valence-electron chi connectivity index (χ2n) is 8.67. The number of carbonyl (C=O) groups is 1. The smallest absolute Gasteiger partial charge is 0.324 e. The fourth-order valence-electron chi connectivity index (χ4n) is 4.34. The molecule has 8 nitrogen and oxygen atoms in total. The van der Waals surface area contributed by atoms with Gasteiger partial charge in [-0.1, -0.05) is 24.1 Å². The van der Waals surface area contributed by atoms with Crippen molar-refractivity contribution in [2.24, 2.45) is 0 Å². The number of hydrogen-bond acceptors (Lipinski definition) is 5. The number of fused-ring (bicyclic) bond motifs is 1. The highest BCUT2D eigenvalue weighted by atomic mass is 32.2. The van der Waals surface area contributed by atoms with Gasteiger partial charge in [-0.3, -0.25) is 9.36 Å². The summed E-state index contributed by atoms with van der Waals surface area (Å²) in [6.45, 7) is 6.06. The van der Waals surface area contributed by atoms with E-state index in [1.807, 2.05) is 39.0 Å². The number of carbonyl (C=O) groups excluding carboxylic acids is 1. The molecule has 0 bridgehead atoms. The lowest BCUT2D eigenvalue weighted by atomic mass is 10.1. The van der Waals surface area contributed by atoms with Crippen LogP contribution in [0.2, 0.25) is 0 Å². The molecule has 1 fully saturated rings. The largest absolute Gasteiger partial charge is 0.348 e. The highest BCUT2D eigenvalue weighted by Crippen LogP contribution is 2.27. The number of aromatic nitrogens is 2. The molecule has 0 radical (unpaired) electrons. The Morgan fingerprint density at radius 1 is 1.15 bits per heavy atom. The Bertz CT molecular complexity index is 1380. The Hall–Kier alpha value is -3.04. The number of nitrogens with zero attached hydrogens (tertiary/aromatic N) is 3. The number of nitrogens with one attached hydrogen (secondary N) is 1. The normalized spacial score (nSPS) is 17.2. The molecule has 1 atom stereocenters. The van der Waals surface area contributed by atoms with Crippen LogP contribution < -0.4 is 11.0 Å². The number of piperidine rings is 1. The first-order valence-electron chi connectivity index (χ1n) is 11.1. The molecule has 1 saturated heterocycles. The summed E-state index contributed by atoms with van der Waals surface area (Å²) in [6.07, 6.45) is 4.05. The molecule has 1 aliphatic heterocycles. The minimum Gasteiger partial charge on any atom is -0.324 e. The van der Waals surface area contributed by atoms with E-state index >= 15 is 0 Å². The molecule has 0 saturated carbocycles. The molecule has 1 aromatic heterocycles. The van der Waals surface area contributed by atoms with Crippen molar-refractivity contribution in [2.75, 3.05) is 11.9 Å². The highest BCUT2D eigenvalue weighted by molar-refractivity contribution is 7.89. The lowest BCUT2D eigenvalue weighted by molar-refractivity contribution is -0.116. The van der Waals surface area contributed by atoms with Crippen LogP contribution in [0.25, 0.3) is 10.9 Å². The molecule has 3 aromatic rings. The lowest BCUT2D eigenvalue weighted by Crippen LogP contribution is -2.41. The highest BCUT2D eigenvalue weighted by Gasteiger charge is 2.31. The summed E-state index contributed by atoms with van der Waals surface area (Å²) in [5.41, 5.74) is 2.57. The van der Waals surface area contributed by atoms with Crippen LogP contribution in [0.3, 0.4) is 0 Å². The van der Waals surface area contributed by atoms with Crippen LogP contribution in [-0.2, 0) is 21.4 Å². The second-order valence-corrected chi connectivity index (χ2v) is 10.6. The van der Waals surface area contributed by atoms with Gasteiger partial charge in [0.05, 0.1) is 10.4 Å². The maximum Gasteiger partial charge on any atom is 0.348 e. The van der Waals surface area contributed by atoms with Crippen LogP contribution in [-0.4, -0.2) is 40.8 Å². The van der Waals surface area contributed by atoms with Crippen molar-refractivity contribution in [1.29, 1.82) is 0 Å². The zero-order valence-electron chi connectivity index (χ0n) is 19.0. The van der Waals surface area contributed by atoms with Gasteiger partial charge in [-0.2, -0.15) is 4.31 Å². The number of anilines is 1. The fourth-order valence-corrected chi connectivity index (χ4v) is 6.08. The molecular weight excluding hydrogens is 440 g/mol. The summed E-state index contributed by atoms with van der Waals surface area (Å²) < 4.78 is 29.2. The van der Waals surface area contributed by atoms with Gasteiger partial charge in [0.25, 0.3) is 0 Å². The van der Waals surface area contributed by atoms with E-state index in [2.05, 4.69) is 10.3 Å². The van der Waals surface area contributed by atoms with E-state index in [0.29, 0.717) is 23.1 Å². The average molecular weight is 469 g/mol. The maximum absolute atomic E-state index is 13.2. The van der Waals surface area contributed by atoms with Crippen LogP contribution >= 0.6 is 0 Å². The number of benzene rings is 2. The number of amides is 1. The summed E-state index contributed by atoms with van der Waals surface area (Å²) in [6, 6.07) is 10.2. The van der Waals surface area contributed by atoms with Gasteiger partial charge in [0.15, 0.2) is 0 Å². The van der Waals surface area contributed by atoms with Crippen molar-refractivity contribution in [3.8, 4) is 0 Å². The molecule has 0 spiro atoms. The molecule has 1 aliphatic rings. The molecule has 2 aromatic carbocycles. The van der Waals surface area contributed by atoms with Crippen LogP contribution in [0.5, 0.6) is 0 Å². The topological polar surface area (TPSA) is 101 Å². The van der Waals surface area contributed by atoms with Gasteiger partial charge < -0.3 is 5.32 Å². The molecule has 1 N–H and O–H groups in total. The van der Waals surface area contributed by atoms with E-state index in [0.717, 1.165) is 30.4 Å². The first kappa shape index (κ1) is 23.1. The fraction of sp³-hybridized carbons (Fsp3) is 0.375. The predicted molar refractivity (Wildman–Crippen MR) is 128 cm³/mol. The van der Waals surface area contributed by atoms with E-state index < -0.39 is 15.7 Å². The van der Waals surface area contributed by atoms with Gasteiger partial charge >= 0.3 is 5.69 Å². The number of rotatable bonds is 5. The third kappa shape index (κ3) is 4.69. The second kappa shape index (κ2) is 9.07. The summed E-state index contributed by atoms with van der Waals surface area (Å²) in [5.74, 6) is -0.364. The standard InChI is InChI=1S/C24H28N4O4S/c1-16-7-9-21(17(2)12-16)26-23(29)15-27-22-10-8-20(13-19(22)14-25-24(27)30)33(31,32)28-11-5-4-6-18(28)3/h7-10,12-14,18H,4-6,11,15H2,1-3H3,(H,26,29)/t18-/m1/s1. The Balaban J connectivity index is 1.64. The van der Waals surface area contributed by atoms with Crippen LogP contribution in [0.4, 0.5) is 5.69 Å². The van der Waals surface area contributed by atoms with Gasteiger partial charge in [-0.15, -0.1) is 0 Å². The van der Waals surface area contributed by atoms with E-state index in [9.17, 15) is 18.0 Å². The molecule has 0 unspecified atom stereocenters. The number of sulfonamides is 1. The molecule has 1 amide bonds. The van der Waals surface area contributed by atoms with Gasteiger partial charge in [-0.05, 0) is 63.4 Å². The van der Waals surface area contributed by atoms with Gasteiger partial charge in [0.2, 0.25) is 15.9 Å². The van der Waals surface area contributed by atoms with E-state index in [1.165, 1.54) is 22.9 Å². The van der Waals surface area contributed by atoms with Crippen LogP contribution in [0, 0.1) is 13.8 Å². The zero-order valence-corrected chi connectivity index (χ0v) is 19.9. The molecule has 2 heterocycles. The van der Waals surface area contributed by atoms with Gasteiger partial charge in [-0.25, -0.2) is 18.2 Å². The molecule has 9 heteroatoms. The Morgan fingerprint density at radius 3 is 2.67 bits per heavy atom. The van der Waals surface area contributed by atoms with Crippen molar-refractivity contribution in [3.05, 3.63) is 64.2 Å². The summed E-state index contributed by atoms with van der Waals surface area (Å²) >= 11 is 0. The van der Waals surface area contributed by atoms with Crippen molar-refractivity contribution in [2.45, 2.75) is 57.5 Å². The number of hydrogen-bond donors (Lipinski definition) is 1. The SMILES string of the molecule is Cc1ccc(NC(=O)Cn2c(=O)ncc3cc(S(=O)(=O)N4CCCC[C@H]4C)ccc32)c(C)c1. The van der Waals surface area contributed by atoms with Crippen molar-refractivity contribution in [1.82, 2.24) is 13.9 Å². The molecule has 174 valence electrons. The van der Waals surface area contributed by atoms with Gasteiger partial charge in [0, 0.05) is 29.9 Å². The first-order chi connectivity index (χ1) is 15.7. The van der Waals surface area contributed by atoms with Crippen LogP contribution in [0.15, 0.2) is 52.3 Å². The van der Waals surface area contributed by atoms with Gasteiger partial charge in [0.1, 0.15) is 6.54 Å². The monoisotopic (exact) mass is 468 g/mol. The molecule has 33 heavy (non-hydrogen) atoms. The predicted octanol–water partition coefficient (Wildman–Crippen LogP) is 3.22. The minimum absolute atomic E-state index is 0.0551. The third-order valence-corrected chi connectivity index (χ3v) is 8.15. The Kier molecular flexibility index (Phi) is 6.36. The summed E-state index contributed by atoms with van der Waals surface area (Å²) in [7, 11) is -3.66. The van der Waals surface area contributed by atoms with Crippen LogP contribution in [0.1, 0.15) is 37.3 Å². The zero-order chi connectivity index (χ0) is 23.8. The Labute approximate surface area is 193 Å². The first-order valence-corrected chi connectivity index (χ1v) is 12.5. The average Bonchev–Trinajstić information content (AvgIpc) is 2.77. The maximum atomic E-state index is 13.2. The van der Waals surface area contributed by atoms with E-state index in [-0.39, 0.29) is 23.4 Å². The quantitative estimate of drug-likeness (QED) is 0.620. The molecule has 4 rings (SSSR count). The minimum atomic E-state index is -3.66. The number of aryl methyl sites for hydroxylation is 2. The lowest BCUT2D eigenvalue weighted by Gasteiger charge is -2.32. The van der Waals surface area contributed by atoms with E-state index in [4.69, 9.17) is 0 Å². The third-order valence-electron chi connectivity index (χ3n) is 6.14. The summed E-state index contributed by atoms with van der Waals surface area (Å²) in [4.78, 5) is 29.2. The van der Waals surface area contributed by atoms with Crippen molar-refractivity contribution in [3.63, 3.8) is 0 Å².